The average Bonchev–Trinajstić information content (AvgIpc) is 3.49. The van der Waals surface area contributed by atoms with Gasteiger partial charge in [-0.15, -0.1) is 0 Å². The number of ether oxygens (including phenoxy) is 1. The summed E-state index contributed by atoms with van der Waals surface area (Å²) in [5, 5.41) is 5.35. The molecule has 6 nitrogen and oxygen atoms in total. The third-order valence-electron chi connectivity index (χ3n) is 5.37. The highest BCUT2D eigenvalue weighted by molar-refractivity contribution is 6.05. The number of nitrogens with zero attached hydrogens (tertiary/aromatic N) is 4. The zero-order valence-electron chi connectivity index (χ0n) is 17.3. The first-order valence-electron chi connectivity index (χ1n) is 10.3. The van der Waals surface area contributed by atoms with Gasteiger partial charge in [0.15, 0.2) is 5.65 Å². The monoisotopic (exact) mass is 392 g/mol. The standard InChI is InChI=1S/C23H28N4O2/c1-16(2)27-22-20(14-24-27)19(13-21(25-22)18-9-10-18)23(28)26(11-12-29-3)15-17-7-5-4-6-8-17/h4-8,13-14,16,18H,9-12,15H2,1-3H3. The molecule has 1 aromatic carbocycles. The molecule has 1 aliphatic carbocycles. The summed E-state index contributed by atoms with van der Waals surface area (Å²) in [5.41, 5.74) is 3.60. The quantitative estimate of drug-likeness (QED) is 0.577. The van der Waals surface area contributed by atoms with Gasteiger partial charge >= 0.3 is 0 Å². The molecule has 0 spiro atoms. The van der Waals surface area contributed by atoms with Gasteiger partial charge in [0.25, 0.3) is 5.91 Å². The Hall–Kier alpha value is -2.73. The van der Waals surface area contributed by atoms with Crippen LogP contribution in [0.2, 0.25) is 0 Å². The van der Waals surface area contributed by atoms with Gasteiger partial charge in [0.2, 0.25) is 0 Å². The van der Waals surface area contributed by atoms with Crippen molar-refractivity contribution in [2.45, 2.75) is 45.2 Å². The van der Waals surface area contributed by atoms with Gasteiger partial charge in [0.05, 0.1) is 23.8 Å². The molecule has 1 aliphatic rings. The number of benzene rings is 1. The molecule has 6 heteroatoms. The third-order valence-corrected chi connectivity index (χ3v) is 5.37. The van der Waals surface area contributed by atoms with E-state index in [0.717, 1.165) is 35.1 Å². The molecule has 0 unspecified atom stereocenters. The minimum atomic E-state index is 0.00325. The van der Waals surface area contributed by atoms with E-state index in [4.69, 9.17) is 9.72 Å². The van der Waals surface area contributed by atoms with Gasteiger partial charge in [-0.25, -0.2) is 9.67 Å². The van der Waals surface area contributed by atoms with Crippen molar-refractivity contribution in [2.75, 3.05) is 20.3 Å². The average molecular weight is 393 g/mol. The van der Waals surface area contributed by atoms with E-state index in [1.807, 2.05) is 46.0 Å². The number of carbonyl (C=O) groups is 1. The Balaban J connectivity index is 1.74. The van der Waals surface area contributed by atoms with Crippen LogP contribution >= 0.6 is 0 Å². The number of hydrogen-bond donors (Lipinski definition) is 0. The van der Waals surface area contributed by atoms with E-state index in [1.54, 1.807) is 13.3 Å². The van der Waals surface area contributed by atoms with Gasteiger partial charge in [-0.1, -0.05) is 30.3 Å². The first kappa shape index (κ1) is 19.6. The number of rotatable bonds is 8. The first-order chi connectivity index (χ1) is 14.1. The lowest BCUT2D eigenvalue weighted by Crippen LogP contribution is -2.33. The van der Waals surface area contributed by atoms with Crippen molar-refractivity contribution in [3.05, 3.63) is 59.4 Å². The highest BCUT2D eigenvalue weighted by Gasteiger charge is 2.29. The van der Waals surface area contributed by atoms with Crippen molar-refractivity contribution in [1.82, 2.24) is 19.7 Å². The summed E-state index contributed by atoms with van der Waals surface area (Å²) in [5.74, 6) is 0.464. The lowest BCUT2D eigenvalue weighted by atomic mass is 10.1. The van der Waals surface area contributed by atoms with E-state index in [0.29, 0.717) is 31.2 Å². The Kier molecular flexibility index (Phi) is 5.62. The first-order valence-corrected chi connectivity index (χ1v) is 10.3. The maximum atomic E-state index is 13.6. The van der Waals surface area contributed by atoms with Crippen LogP contribution < -0.4 is 0 Å². The summed E-state index contributed by atoms with van der Waals surface area (Å²) >= 11 is 0. The summed E-state index contributed by atoms with van der Waals surface area (Å²) in [6.45, 7) is 5.74. The number of hydrogen-bond acceptors (Lipinski definition) is 4. The van der Waals surface area contributed by atoms with Crippen molar-refractivity contribution in [2.24, 2.45) is 0 Å². The van der Waals surface area contributed by atoms with Crippen molar-refractivity contribution in [3.63, 3.8) is 0 Å². The second kappa shape index (κ2) is 8.33. The van der Waals surface area contributed by atoms with Crippen LogP contribution in [0.25, 0.3) is 11.0 Å². The molecule has 0 atom stereocenters. The highest BCUT2D eigenvalue weighted by Crippen LogP contribution is 2.40. The normalized spacial score (nSPS) is 13.9. The van der Waals surface area contributed by atoms with Crippen molar-refractivity contribution in [3.8, 4) is 0 Å². The van der Waals surface area contributed by atoms with E-state index >= 15 is 0 Å². The van der Waals surface area contributed by atoms with Gasteiger partial charge in [-0.3, -0.25) is 4.79 Å². The van der Waals surface area contributed by atoms with E-state index in [1.165, 1.54) is 0 Å². The van der Waals surface area contributed by atoms with Gasteiger partial charge in [-0.2, -0.15) is 5.10 Å². The number of amides is 1. The van der Waals surface area contributed by atoms with Gasteiger partial charge in [0.1, 0.15) is 0 Å². The zero-order valence-corrected chi connectivity index (χ0v) is 17.3. The SMILES string of the molecule is COCCN(Cc1ccccc1)C(=O)c1cc(C2CC2)nc2c1cnn2C(C)C. The Morgan fingerprint density at radius 2 is 2.03 bits per heavy atom. The van der Waals surface area contributed by atoms with E-state index in [9.17, 15) is 4.79 Å². The smallest absolute Gasteiger partial charge is 0.255 e. The molecule has 1 fully saturated rings. The van der Waals surface area contributed by atoms with Crippen LogP contribution in [0.5, 0.6) is 0 Å². The molecule has 1 saturated carbocycles. The fourth-order valence-electron chi connectivity index (χ4n) is 3.61. The second-order valence-electron chi connectivity index (χ2n) is 7.99. The fraction of sp³-hybridized carbons (Fsp3) is 0.435. The molecule has 0 radical (unpaired) electrons. The maximum absolute atomic E-state index is 13.6. The molecule has 0 aliphatic heterocycles. The molecule has 4 rings (SSSR count). The number of pyridine rings is 1. The molecule has 152 valence electrons. The predicted molar refractivity (Wildman–Crippen MR) is 113 cm³/mol. The molecule has 2 heterocycles. The number of aromatic nitrogens is 3. The molecular weight excluding hydrogens is 364 g/mol. The molecule has 29 heavy (non-hydrogen) atoms. The van der Waals surface area contributed by atoms with E-state index < -0.39 is 0 Å². The van der Waals surface area contributed by atoms with E-state index in [-0.39, 0.29) is 11.9 Å². The maximum Gasteiger partial charge on any atom is 0.255 e. The largest absolute Gasteiger partial charge is 0.383 e. The minimum absolute atomic E-state index is 0.00325. The van der Waals surface area contributed by atoms with Crippen LogP contribution in [0.15, 0.2) is 42.6 Å². The second-order valence-corrected chi connectivity index (χ2v) is 7.99. The topological polar surface area (TPSA) is 60.2 Å². The van der Waals surface area contributed by atoms with Crippen LogP contribution in [-0.2, 0) is 11.3 Å². The van der Waals surface area contributed by atoms with Crippen LogP contribution in [0.4, 0.5) is 0 Å². The number of methoxy groups -OCH3 is 1. The summed E-state index contributed by atoms with van der Waals surface area (Å²) in [7, 11) is 1.66. The Morgan fingerprint density at radius 1 is 1.28 bits per heavy atom. The lowest BCUT2D eigenvalue weighted by Gasteiger charge is -2.23. The van der Waals surface area contributed by atoms with Crippen LogP contribution in [-0.4, -0.2) is 45.8 Å². The Labute approximate surface area is 171 Å². The number of fused-ring (bicyclic) bond motifs is 1. The van der Waals surface area contributed by atoms with Gasteiger partial charge in [0, 0.05) is 37.9 Å². The molecule has 2 aromatic heterocycles. The molecule has 0 bridgehead atoms. The van der Waals surface area contributed by atoms with Crippen molar-refractivity contribution >= 4 is 16.9 Å². The van der Waals surface area contributed by atoms with Crippen molar-refractivity contribution in [1.29, 1.82) is 0 Å². The Bertz CT molecular complexity index is 993. The highest BCUT2D eigenvalue weighted by atomic mass is 16.5. The summed E-state index contributed by atoms with van der Waals surface area (Å²) < 4.78 is 7.18. The van der Waals surface area contributed by atoms with Crippen LogP contribution in [0.3, 0.4) is 0 Å². The summed E-state index contributed by atoms with van der Waals surface area (Å²) in [4.78, 5) is 20.4. The third kappa shape index (κ3) is 4.17. The summed E-state index contributed by atoms with van der Waals surface area (Å²) in [6, 6.07) is 12.2. The summed E-state index contributed by atoms with van der Waals surface area (Å²) in [6.07, 6.45) is 4.06. The molecule has 0 saturated heterocycles. The minimum Gasteiger partial charge on any atom is -0.383 e. The predicted octanol–water partition coefficient (Wildman–Crippen LogP) is 4.18. The molecule has 0 N–H and O–H groups in total. The van der Waals surface area contributed by atoms with E-state index in [2.05, 4.69) is 18.9 Å². The molecule has 1 amide bonds. The van der Waals surface area contributed by atoms with Crippen LogP contribution in [0.1, 0.15) is 60.3 Å². The molecular formula is C23H28N4O2. The lowest BCUT2D eigenvalue weighted by molar-refractivity contribution is 0.0682. The fourth-order valence-corrected chi connectivity index (χ4v) is 3.61. The Morgan fingerprint density at radius 3 is 2.69 bits per heavy atom. The molecule has 3 aromatic rings. The van der Waals surface area contributed by atoms with Gasteiger partial charge in [-0.05, 0) is 38.3 Å². The van der Waals surface area contributed by atoms with Crippen LogP contribution in [0, 0.1) is 0 Å². The van der Waals surface area contributed by atoms with Gasteiger partial charge < -0.3 is 9.64 Å². The number of carbonyl (C=O) groups excluding carboxylic acids is 1. The zero-order chi connectivity index (χ0) is 20.4. The van der Waals surface area contributed by atoms with Crippen molar-refractivity contribution < 1.29 is 9.53 Å².